The Morgan fingerprint density at radius 3 is 2.38 bits per heavy atom. The quantitative estimate of drug-likeness (QED) is 0.212. The van der Waals surface area contributed by atoms with Crippen molar-refractivity contribution in [1.29, 1.82) is 0 Å². The van der Waals surface area contributed by atoms with Crippen molar-refractivity contribution in [2.75, 3.05) is 12.4 Å². The number of nitro benzene ring substituents is 1. The fourth-order valence-corrected chi connectivity index (χ4v) is 4.43. The molecule has 0 atom stereocenters. The molecule has 11 heteroatoms. The predicted octanol–water partition coefficient (Wildman–Crippen LogP) is 8.04. The van der Waals surface area contributed by atoms with Crippen molar-refractivity contribution in [3.8, 4) is 11.5 Å². The Morgan fingerprint density at radius 2 is 1.77 bits per heavy atom. The van der Waals surface area contributed by atoms with Crippen molar-refractivity contribution >= 4 is 50.9 Å². The maximum atomic E-state index is 13.3. The van der Waals surface area contributed by atoms with Gasteiger partial charge < -0.3 is 14.4 Å². The molecule has 0 aliphatic carbocycles. The Labute approximate surface area is 240 Å². The zero-order chi connectivity index (χ0) is 29.1. The average Bonchev–Trinajstić information content (AvgIpc) is 2.81. The van der Waals surface area contributed by atoms with Crippen LogP contribution in [-0.2, 0) is 11.3 Å². The van der Waals surface area contributed by atoms with Crippen molar-refractivity contribution in [2.45, 2.75) is 46.8 Å². The highest BCUT2D eigenvalue weighted by Crippen LogP contribution is 2.36. The lowest BCUT2D eigenvalue weighted by atomic mass is 10.1. The molecule has 3 rings (SSSR count). The minimum absolute atomic E-state index is 0.0524. The molecule has 0 radical (unpaired) electrons. The summed E-state index contributed by atoms with van der Waals surface area (Å²) in [6, 6.07) is 13.5. The first-order valence-corrected chi connectivity index (χ1v) is 13.1. The number of carbonyl (C=O) groups excluding carboxylic acids is 2. The number of benzene rings is 3. The second kappa shape index (κ2) is 12.0. The smallest absolute Gasteiger partial charge is 0.412 e. The van der Waals surface area contributed by atoms with E-state index in [9.17, 15) is 19.7 Å². The number of nitrogens with one attached hydrogen (secondary N) is 1. The number of hydrogen-bond donors (Lipinski definition) is 1. The summed E-state index contributed by atoms with van der Waals surface area (Å²) in [4.78, 5) is 38.1. The Morgan fingerprint density at radius 1 is 1.08 bits per heavy atom. The second-order valence-electron chi connectivity index (χ2n) is 10.0. The van der Waals surface area contributed by atoms with E-state index in [4.69, 9.17) is 21.1 Å². The number of nitro groups is 1. The summed E-state index contributed by atoms with van der Waals surface area (Å²) in [5.74, 6) is 0.666. The Hall–Kier alpha value is -3.63. The van der Waals surface area contributed by atoms with Gasteiger partial charge in [0.05, 0.1) is 4.92 Å². The highest BCUT2D eigenvalue weighted by Gasteiger charge is 2.26. The zero-order valence-corrected chi connectivity index (χ0v) is 24.8. The molecule has 206 valence electrons. The summed E-state index contributed by atoms with van der Waals surface area (Å²) in [5.41, 5.74) is 1.41. The molecule has 0 aliphatic heterocycles. The number of nitrogens with zero attached hydrogens (tertiary/aromatic N) is 2. The van der Waals surface area contributed by atoms with Gasteiger partial charge in [-0.1, -0.05) is 35.4 Å². The summed E-state index contributed by atoms with van der Waals surface area (Å²) in [6.07, 6.45) is -0.860. The molecular formula is C28H29BrClN3O6. The van der Waals surface area contributed by atoms with Gasteiger partial charge in [0.15, 0.2) is 0 Å². The van der Waals surface area contributed by atoms with Crippen LogP contribution in [0.15, 0.2) is 53.0 Å². The molecule has 0 heterocycles. The van der Waals surface area contributed by atoms with Crippen molar-refractivity contribution in [2.24, 2.45) is 0 Å². The minimum atomic E-state index is -0.860. The van der Waals surface area contributed by atoms with Crippen LogP contribution in [0.5, 0.6) is 11.5 Å². The molecule has 0 aromatic heterocycles. The van der Waals surface area contributed by atoms with E-state index in [1.54, 1.807) is 46.0 Å². The fraction of sp³-hybridized carbons (Fsp3) is 0.286. The van der Waals surface area contributed by atoms with Crippen LogP contribution in [0.1, 0.15) is 47.8 Å². The predicted molar refractivity (Wildman–Crippen MR) is 154 cm³/mol. The van der Waals surface area contributed by atoms with Gasteiger partial charge in [0.1, 0.15) is 22.8 Å². The fourth-order valence-electron chi connectivity index (χ4n) is 3.72. The van der Waals surface area contributed by atoms with Gasteiger partial charge in [-0.3, -0.25) is 20.2 Å². The second-order valence-corrected chi connectivity index (χ2v) is 11.3. The summed E-state index contributed by atoms with van der Waals surface area (Å²) >= 11 is 9.47. The first-order chi connectivity index (χ1) is 18.1. The largest absolute Gasteiger partial charge is 0.457 e. The number of carbonyl (C=O) groups is 2. The van der Waals surface area contributed by atoms with Gasteiger partial charge in [-0.15, -0.1) is 0 Å². The van der Waals surface area contributed by atoms with Crippen LogP contribution in [0.4, 0.5) is 16.2 Å². The van der Waals surface area contributed by atoms with Crippen LogP contribution >= 0.6 is 27.5 Å². The maximum Gasteiger partial charge on any atom is 0.412 e. The number of ether oxygens (including phenoxy) is 2. The molecule has 3 aromatic carbocycles. The van der Waals surface area contributed by atoms with Gasteiger partial charge in [0, 0.05) is 40.3 Å². The van der Waals surface area contributed by atoms with Crippen molar-refractivity contribution in [3.05, 3.63) is 90.4 Å². The highest BCUT2D eigenvalue weighted by molar-refractivity contribution is 9.10. The molecule has 1 N–H and O–H groups in total. The molecule has 0 saturated heterocycles. The van der Waals surface area contributed by atoms with E-state index < -0.39 is 28.2 Å². The lowest BCUT2D eigenvalue weighted by Gasteiger charge is -2.21. The van der Waals surface area contributed by atoms with Crippen LogP contribution in [0, 0.1) is 24.0 Å². The minimum Gasteiger partial charge on any atom is -0.457 e. The monoisotopic (exact) mass is 617 g/mol. The third-order valence-corrected chi connectivity index (χ3v) is 6.33. The van der Waals surface area contributed by atoms with Crippen LogP contribution in [0.3, 0.4) is 0 Å². The lowest BCUT2D eigenvalue weighted by Crippen LogP contribution is -2.28. The van der Waals surface area contributed by atoms with Gasteiger partial charge in [-0.2, -0.15) is 0 Å². The highest BCUT2D eigenvalue weighted by atomic mass is 79.9. The third-order valence-electron chi connectivity index (χ3n) is 5.47. The number of halogens is 2. The topological polar surface area (TPSA) is 111 Å². The molecule has 39 heavy (non-hydrogen) atoms. The molecule has 0 fully saturated rings. The molecule has 3 aromatic rings. The van der Waals surface area contributed by atoms with E-state index in [0.29, 0.717) is 22.1 Å². The molecule has 0 spiro atoms. The Kier molecular flexibility index (Phi) is 9.24. The molecular weight excluding hydrogens is 590 g/mol. The number of hydrogen-bond acceptors (Lipinski definition) is 6. The molecule has 2 amide bonds. The van der Waals surface area contributed by atoms with Gasteiger partial charge in [0.25, 0.3) is 11.6 Å². The van der Waals surface area contributed by atoms with E-state index in [1.807, 2.05) is 32.0 Å². The molecule has 0 bridgehead atoms. The van der Waals surface area contributed by atoms with E-state index in [-0.39, 0.29) is 22.3 Å². The standard InChI is InChI=1S/C28H29BrClN3O6/c1-16-7-10-23(17(2)11-16)38-24-14-20(30)9-8-18(24)15-32(6)26(34)19-12-21(29)25(22(13-19)33(36)37)31-27(35)39-28(3,4)5/h7-14H,15H2,1-6H3,(H,31,35). The molecule has 0 saturated carbocycles. The van der Waals surface area contributed by atoms with Crippen molar-refractivity contribution in [1.82, 2.24) is 4.90 Å². The van der Waals surface area contributed by atoms with E-state index in [1.165, 1.54) is 11.0 Å². The normalized spacial score (nSPS) is 11.1. The number of rotatable bonds is 7. The SMILES string of the molecule is Cc1ccc(Oc2cc(Cl)ccc2CN(C)C(=O)c2cc(Br)c(NC(=O)OC(C)(C)C)c([N+](=O)[O-])c2)c(C)c1. The molecule has 0 unspecified atom stereocenters. The number of anilines is 1. The van der Waals surface area contributed by atoms with Gasteiger partial charge in [-0.05, 0) is 80.4 Å². The summed E-state index contributed by atoms with van der Waals surface area (Å²) in [7, 11) is 1.57. The van der Waals surface area contributed by atoms with Gasteiger partial charge in [-0.25, -0.2) is 4.79 Å². The number of amides is 2. The molecule has 9 nitrogen and oxygen atoms in total. The zero-order valence-electron chi connectivity index (χ0n) is 22.4. The van der Waals surface area contributed by atoms with Crippen LogP contribution in [0.2, 0.25) is 5.02 Å². The van der Waals surface area contributed by atoms with Gasteiger partial charge >= 0.3 is 6.09 Å². The van der Waals surface area contributed by atoms with E-state index >= 15 is 0 Å². The number of aryl methyl sites for hydroxylation is 2. The van der Waals surface area contributed by atoms with Crippen molar-refractivity contribution in [3.63, 3.8) is 0 Å². The maximum absolute atomic E-state index is 13.3. The molecule has 0 aliphatic rings. The average molecular weight is 619 g/mol. The van der Waals surface area contributed by atoms with Gasteiger partial charge in [0.2, 0.25) is 0 Å². The Balaban J connectivity index is 1.87. The lowest BCUT2D eigenvalue weighted by molar-refractivity contribution is -0.384. The van der Waals surface area contributed by atoms with Crippen LogP contribution in [0.25, 0.3) is 0 Å². The Bertz CT molecular complexity index is 1440. The summed E-state index contributed by atoms with van der Waals surface area (Å²) in [6.45, 7) is 9.09. The first-order valence-electron chi connectivity index (χ1n) is 11.9. The van der Waals surface area contributed by atoms with Crippen LogP contribution < -0.4 is 10.1 Å². The summed E-state index contributed by atoms with van der Waals surface area (Å²) < 4.78 is 11.5. The van der Waals surface area contributed by atoms with Crippen LogP contribution in [-0.4, -0.2) is 34.5 Å². The third kappa shape index (κ3) is 7.93. The van der Waals surface area contributed by atoms with E-state index in [0.717, 1.165) is 17.2 Å². The summed E-state index contributed by atoms with van der Waals surface area (Å²) in [5, 5.41) is 14.7. The van der Waals surface area contributed by atoms with E-state index in [2.05, 4.69) is 21.2 Å². The van der Waals surface area contributed by atoms with Crippen molar-refractivity contribution < 1.29 is 24.0 Å². The first kappa shape index (κ1) is 29.9.